The minimum absolute atomic E-state index is 0.0324. The maximum absolute atomic E-state index is 11.8. The van der Waals surface area contributed by atoms with Crippen molar-refractivity contribution in [3.8, 4) is 0 Å². The first-order valence-corrected chi connectivity index (χ1v) is 7.60. The lowest BCUT2D eigenvalue weighted by atomic mass is 10.0. The molecule has 2 N–H and O–H groups in total. The number of carbonyl (C=O) groups excluding carboxylic acids is 1. The van der Waals surface area contributed by atoms with Crippen LogP contribution in [0.2, 0.25) is 0 Å². The van der Waals surface area contributed by atoms with Gasteiger partial charge in [-0.2, -0.15) is 15.4 Å². The summed E-state index contributed by atoms with van der Waals surface area (Å²) in [6, 6.07) is 3.65. The van der Waals surface area contributed by atoms with E-state index in [1.54, 1.807) is 25.6 Å². The van der Waals surface area contributed by atoms with Crippen LogP contribution in [0.4, 0.5) is 5.82 Å². The van der Waals surface area contributed by atoms with Crippen LogP contribution < -0.4 is 10.2 Å². The van der Waals surface area contributed by atoms with Gasteiger partial charge in [0.05, 0.1) is 29.5 Å². The highest BCUT2D eigenvalue weighted by Gasteiger charge is 2.36. The van der Waals surface area contributed by atoms with Gasteiger partial charge in [-0.3, -0.25) is 4.79 Å². The molecule has 8 nitrogen and oxygen atoms in total. The largest absolute Gasteiger partial charge is 0.379 e. The molecule has 1 saturated heterocycles. The zero-order valence-corrected chi connectivity index (χ0v) is 13.2. The summed E-state index contributed by atoms with van der Waals surface area (Å²) in [6.07, 6.45) is 3.36. The second kappa shape index (κ2) is 6.74. The van der Waals surface area contributed by atoms with Crippen molar-refractivity contribution in [3.63, 3.8) is 0 Å². The molecular weight excluding hydrogens is 296 g/mol. The van der Waals surface area contributed by atoms with Gasteiger partial charge in [0.25, 0.3) is 5.91 Å². The maximum atomic E-state index is 11.8. The first-order valence-electron chi connectivity index (χ1n) is 7.60. The van der Waals surface area contributed by atoms with Gasteiger partial charge in [-0.05, 0) is 19.1 Å². The van der Waals surface area contributed by atoms with Gasteiger partial charge in [-0.1, -0.05) is 0 Å². The third-order valence-corrected chi connectivity index (χ3v) is 4.05. The van der Waals surface area contributed by atoms with Crippen molar-refractivity contribution >= 4 is 11.7 Å². The molecule has 8 heteroatoms. The first kappa shape index (κ1) is 15.4. The number of aromatic amines is 1. The molecule has 0 spiro atoms. The van der Waals surface area contributed by atoms with Crippen LogP contribution in [0.5, 0.6) is 0 Å². The number of methoxy groups -OCH3 is 1. The molecule has 2 atom stereocenters. The Morgan fingerprint density at radius 1 is 1.43 bits per heavy atom. The molecule has 1 fully saturated rings. The van der Waals surface area contributed by atoms with Crippen molar-refractivity contribution in [1.29, 1.82) is 0 Å². The number of hydrogen-bond acceptors (Lipinski definition) is 6. The van der Waals surface area contributed by atoms with Gasteiger partial charge in [0, 0.05) is 32.9 Å². The second-order valence-electron chi connectivity index (χ2n) is 5.45. The zero-order chi connectivity index (χ0) is 16.2. The van der Waals surface area contributed by atoms with Crippen LogP contribution >= 0.6 is 0 Å². The molecule has 0 saturated carbocycles. The van der Waals surface area contributed by atoms with Gasteiger partial charge in [0.2, 0.25) is 0 Å². The predicted molar refractivity (Wildman–Crippen MR) is 84.4 cm³/mol. The van der Waals surface area contributed by atoms with Crippen LogP contribution in [0.25, 0.3) is 0 Å². The Kier molecular flexibility index (Phi) is 4.52. The molecule has 2 aromatic rings. The normalized spacial score (nSPS) is 20.7. The van der Waals surface area contributed by atoms with E-state index in [0.29, 0.717) is 12.1 Å². The first-order chi connectivity index (χ1) is 11.2. The molecule has 0 bridgehead atoms. The SMILES string of the molecule is CCNC(=O)c1ccc(N2C[C@@H](OC)[C@H](c3cn[nH]n3)C2)nc1. The van der Waals surface area contributed by atoms with Crippen LogP contribution in [0, 0.1) is 0 Å². The van der Waals surface area contributed by atoms with E-state index in [0.717, 1.165) is 24.6 Å². The number of carbonyl (C=O) groups is 1. The van der Waals surface area contributed by atoms with Crippen molar-refractivity contribution < 1.29 is 9.53 Å². The van der Waals surface area contributed by atoms with Gasteiger partial charge >= 0.3 is 0 Å². The lowest BCUT2D eigenvalue weighted by Gasteiger charge is -2.17. The summed E-state index contributed by atoms with van der Waals surface area (Å²) in [7, 11) is 1.70. The Hall–Kier alpha value is -2.48. The minimum atomic E-state index is -0.108. The van der Waals surface area contributed by atoms with E-state index in [1.165, 1.54) is 0 Å². The smallest absolute Gasteiger partial charge is 0.252 e. The molecule has 1 aliphatic heterocycles. The molecule has 0 aromatic carbocycles. The molecule has 0 radical (unpaired) electrons. The van der Waals surface area contributed by atoms with Crippen LogP contribution in [-0.4, -0.2) is 59.1 Å². The predicted octanol–water partition coefficient (Wildman–Crippen LogP) is 0.568. The lowest BCUT2D eigenvalue weighted by molar-refractivity contribution is 0.0955. The fourth-order valence-electron chi connectivity index (χ4n) is 2.84. The molecule has 1 aliphatic rings. The van der Waals surface area contributed by atoms with E-state index in [9.17, 15) is 4.79 Å². The topological polar surface area (TPSA) is 96.0 Å². The number of nitrogens with zero attached hydrogens (tertiary/aromatic N) is 4. The molecular formula is C15H20N6O2. The Morgan fingerprint density at radius 3 is 2.91 bits per heavy atom. The quantitative estimate of drug-likeness (QED) is 0.837. The molecule has 3 heterocycles. The maximum Gasteiger partial charge on any atom is 0.252 e. The van der Waals surface area contributed by atoms with Gasteiger partial charge in [0.15, 0.2) is 0 Å². The minimum Gasteiger partial charge on any atom is -0.379 e. The highest BCUT2D eigenvalue weighted by Crippen LogP contribution is 2.30. The number of nitrogens with one attached hydrogen (secondary N) is 2. The third-order valence-electron chi connectivity index (χ3n) is 4.05. The number of hydrogen-bond donors (Lipinski definition) is 2. The summed E-state index contributed by atoms with van der Waals surface area (Å²) in [4.78, 5) is 18.3. The van der Waals surface area contributed by atoms with E-state index >= 15 is 0 Å². The highest BCUT2D eigenvalue weighted by molar-refractivity contribution is 5.94. The number of aromatic nitrogens is 4. The molecule has 0 unspecified atom stereocenters. The van der Waals surface area contributed by atoms with Gasteiger partial charge in [0.1, 0.15) is 5.82 Å². The fraction of sp³-hybridized carbons (Fsp3) is 0.467. The van der Waals surface area contributed by atoms with Crippen LogP contribution in [0.1, 0.15) is 28.9 Å². The monoisotopic (exact) mass is 316 g/mol. The van der Waals surface area contributed by atoms with Gasteiger partial charge in [-0.15, -0.1) is 0 Å². The number of rotatable bonds is 5. The van der Waals surface area contributed by atoms with E-state index in [-0.39, 0.29) is 17.9 Å². The summed E-state index contributed by atoms with van der Waals surface area (Å²) in [5.74, 6) is 0.859. The number of anilines is 1. The molecule has 122 valence electrons. The lowest BCUT2D eigenvalue weighted by Crippen LogP contribution is -2.25. The highest BCUT2D eigenvalue weighted by atomic mass is 16.5. The standard InChI is InChI=1S/C15H20N6O2/c1-3-16-15(22)10-4-5-14(17-6-10)21-8-11(13(9-21)23-2)12-7-18-20-19-12/h4-7,11,13H,3,8-9H2,1-2H3,(H,16,22)(H,18,19,20)/t11-,13+/m0/s1. The summed E-state index contributed by atoms with van der Waals surface area (Å²) in [5, 5.41) is 13.4. The molecule has 0 aliphatic carbocycles. The van der Waals surface area contributed by atoms with Gasteiger partial charge in [-0.25, -0.2) is 4.98 Å². The van der Waals surface area contributed by atoms with Crippen LogP contribution in [0.15, 0.2) is 24.5 Å². The summed E-state index contributed by atoms with van der Waals surface area (Å²) in [5.41, 5.74) is 1.45. The second-order valence-corrected chi connectivity index (χ2v) is 5.45. The Balaban J connectivity index is 1.74. The van der Waals surface area contributed by atoms with E-state index in [4.69, 9.17) is 4.74 Å². The Morgan fingerprint density at radius 2 is 2.30 bits per heavy atom. The fourth-order valence-corrected chi connectivity index (χ4v) is 2.84. The summed E-state index contributed by atoms with van der Waals surface area (Å²) >= 11 is 0. The third kappa shape index (κ3) is 3.16. The average Bonchev–Trinajstić information content (AvgIpc) is 3.24. The van der Waals surface area contributed by atoms with Crippen LogP contribution in [-0.2, 0) is 4.74 Å². The van der Waals surface area contributed by atoms with E-state index < -0.39 is 0 Å². The van der Waals surface area contributed by atoms with Crippen molar-refractivity contribution in [2.24, 2.45) is 0 Å². The molecule has 3 rings (SSSR count). The summed E-state index contributed by atoms with van der Waals surface area (Å²) < 4.78 is 5.58. The zero-order valence-electron chi connectivity index (χ0n) is 13.2. The van der Waals surface area contributed by atoms with Crippen molar-refractivity contribution in [1.82, 2.24) is 25.7 Å². The average molecular weight is 316 g/mol. The van der Waals surface area contributed by atoms with E-state index in [1.807, 2.05) is 13.0 Å². The van der Waals surface area contributed by atoms with Crippen molar-refractivity contribution in [2.75, 3.05) is 31.6 Å². The Bertz CT molecular complexity index is 642. The summed E-state index contributed by atoms with van der Waals surface area (Å²) in [6.45, 7) is 3.96. The molecule has 23 heavy (non-hydrogen) atoms. The van der Waals surface area contributed by atoms with Crippen LogP contribution in [0.3, 0.4) is 0 Å². The molecule has 1 amide bonds. The number of amides is 1. The van der Waals surface area contributed by atoms with E-state index in [2.05, 4.69) is 30.6 Å². The number of pyridine rings is 1. The molecule has 2 aromatic heterocycles. The van der Waals surface area contributed by atoms with Crippen molar-refractivity contribution in [2.45, 2.75) is 18.9 Å². The van der Waals surface area contributed by atoms with Crippen molar-refractivity contribution in [3.05, 3.63) is 35.8 Å². The number of ether oxygens (including phenoxy) is 1. The van der Waals surface area contributed by atoms with Gasteiger partial charge < -0.3 is 15.0 Å². The Labute approximate surface area is 134 Å². The number of H-pyrrole nitrogens is 1.